The van der Waals surface area contributed by atoms with E-state index in [0.29, 0.717) is 16.0 Å². The summed E-state index contributed by atoms with van der Waals surface area (Å²) < 4.78 is 43.7. The van der Waals surface area contributed by atoms with E-state index >= 15 is 0 Å². The first-order valence-corrected chi connectivity index (χ1v) is 12.9. The molecule has 2 aromatic rings. The van der Waals surface area contributed by atoms with Crippen molar-refractivity contribution >= 4 is 28.5 Å². The zero-order valence-corrected chi connectivity index (χ0v) is 21.5. The largest absolute Gasteiger partial charge is 0.386 e. The van der Waals surface area contributed by atoms with Crippen LogP contribution in [-0.4, -0.2) is 59.1 Å². The van der Waals surface area contributed by atoms with Crippen LogP contribution in [0, 0.1) is 21.0 Å². The minimum atomic E-state index is -1.14. The van der Waals surface area contributed by atoms with Crippen molar-refractivity contribution in [3.8, 4) is 0 Å². The molecule has 4 rings (SSSR count). The van der Waals surface area contributed by atoms with Crippen LogP contribution in [0.5, 0.6) is 0 Å². The quantitative estimate of drug-likeness (QED) is 0.344. The summed E-state index contributed by atoms with van der Waals surface area (Å²) in [5.74, 6) is -3.23. The van der Waals surface area contributed by atoms with Crippen molar-refractivity contribution in [1.82, 2.24) is 9.80 Å². The number of hydrogen-bond donors (Lipinski definition) is 1. The molecule has 0 bridgehead atoms. The second-order valence-corrected chi connectivity index (χ2v) is 11.0. The number of carbonyl (C=O) groups is 1. The standard InChI is InChI=1S/C26H30F3IN2O2/c1-31-12-4-6-19(31)5-2-3-11-26(34)15-32(16-26)25(33)20-9-10-22(27)24(29)21(20)13-17-7-8-18(30)14-23(17)28/h7-10,14,19,34H,2-6,11-13,15-16H2,1H3. The van der Waals surface area contributed by atoms with Gasteiger partial charge in [-0.2, -0.15) is 0 Å². The van der Waals surface area contributed by atoms with Gasteiger partial charge in [-0.25, -0.2) is 13.2 Å². The SMILES string of the molecule is CN1CCCC1CCCCC1(O)CN(C(=O)c2ccc(F)c(F)c2Cc2ccc(I)cc2F)C1. The van der Waals surface area contributed by atoms with E-state index in [1.54, 1.807) is 6.07 Å². The van der Waals surface area contributed by atoms with Gasteiger partial charge in [-0.1, -0.05) is 18.9 Å². The monoisotopic (exact) mass is 586 g/mol. The summed E-state index contributed by atoms with van der Waals surface area (Å²) in [6, 6.07) is 7.30. The molecule has 184 valence electrons. The zero-order chi connectivity index (χ0) is 24.5. The van der Waals surface area contributed by atoms with E-state index in [-0.39, 0.29) is 36.2 Å². The summed E-state index contributed by atoms with van der Waals surface area (Å²) in [7, 11) is 2.15. The Morgan fingerprint density at radius 1 is 1.15 bits per heavy atom. The van der Waals surface area contributed by atoms with Crippen molar-refractivity contribution < 1.29 is 23.1 Å². The van der Waals surface area contributed by atoms with Gasteiger partial charge in [0.15, 0.2) is 11.6 Å². The number of rotatable bonds is 8. The molecule has 8 heteroatoms. The van der Waals surface area contributed by atoms with Gasteiger partial charge in [0.1, 0.15) is 5.82 Å². The lowest BCUT2D eigenvalue weighted by molar-refractivity contribution is -0.0871. The van der Waals surface area contributed by atoms with Gasteiger partial charge in [-0.05, 0) is 91.7 Å². The fraction of sp³-hybridized carbons (Fsp3) is 0.500. The highest BCUT2D eigenvalue weighted by Crippen LogP contribution is 2.31. The Bertz CT molecular complexity index is 1060. The van der Waals surface area contributed by atoms with Gasteiger partial charge in [-0.15, -0.1) is 0 Å². The van der Waals surface area contributed by atoms with Crippen LogP contribution in [0.1, 0.15) is 60.0 Å². The van der Waals surface area contributed by atoms with Crippen LogP contribution < -0.4 is 0 Å². The Morgan fingerprint density at radius 2 is 1.91 bits per heavy atom. The average Bonchev–Trinajstić information content (AvgIpc) is 3.18. The topological polar surface area (TPSA) is 43.8 Å². The number of amides is 1. The number of benzene rings is 2. The fourth-order valence-corrected chi connectivity index (χ4v) is 5.59. The molecular weight excluding hydrogens is 556 g/mol. The molecule has 2 saturated heterocycles. The molecular formula is C26H30F3IN2O2. The van der Waals surface area contributed by atoms with Crippen LogP contribution >= 0.6 is 22.6 Å². The van der Waals surface area contributed by atoms with Crippen molar-refractivity contribution in [1.29, 1.82) is 0 Å². The fourth-order valence-electron chi connectivity index (χ4n) is 5.14. The van der Waals surface area contributed by atoms with Gasteiger partial charge < -0.3 is 14.9 Å². The normalized spacial score (nSPS) is 19.9. The highest BCUT2D eigenvalue weighted by molar-refractivity contribution is 14.1. The third-order valence-electron chi connectivity index (χ3n) is 7.17. The van der Waals surface area contributed by atoms with Crippen LogP contribution in [0.4, 0.5) is 13.2 Å². The van der Waals surface area contributed by atoms with Gasteiger partial charge >= 0.3 is 0 Å². The molecule has 0 aliphatic carbocycles. The van der Waals surface area contributed by atoms with Crippen LogP contribution in [0.2, 0.25) is 0 Å². The van der Waals surface area contributed by atoms with E-state index < -0.39 is 29.0 Å². The number of carbonyl (C=O) groups excluding carboxylic acids is 1. The maximum absolute atomic E-state index is 14.7. The molecule has 1 N–H and O–H groups in total. The third kappa shape index (κ3) is 5.60. The molecule has 1 atom stereocenters. The smallest absolute Gasteiger partial charge is 0.254 e. The molecule has 0 spiro atoms. The van der Waals surface area contributed by atoms with Gasteiger partial charge in [0.25, 0.3) is 5.91 Å². The highest BCUT2D eigenvalue weighted by atomic mass is 127. The van der Waals surface area contributed by atoms with E-state index in [4.69, 9.17) is 0 Å². The summed E-state index contributed by atoms with van der Waals surface area (Å²) in [5, 5.41) is 10.8. The molecule has 0 radical (unpaired) electrons. The van der Waals surface area contributed by atoms with Gasteiger partial charge in [0.05, 0.1) is 18.7 Å². The lowest BCUT2D eigenvalue weighted by Gasteiger charge is -2.47. The lowest BCUT2D eigenvalue weighted by atomic mass is 9.86. The average molecular weight is 586 g/mol. The number of β-amino-alcohol motifs (C(OH)–C–C–N with tert-alkyl or cyclic N) is 1. The van der Waals surface area contributed by atoms with Gasteiger partial charge in [-0.3, -0.25) is 4.79 Å². The first-order valence-electron chi connectivity index (χ1n) is 11.8. The number of hydrogen-bond acceptors (Lipinski definition) is 3. The highest BCUT2D eigenvalue weighted by Gasteiger charge is 2.43. The molecule has 2 heterocycles. The molecule has 2 fully saturated rings. The predicted molar refractivity (Wildman–Crippen MR) is 133 cm³/mol. The van der Waals surface area contributed by atoms with Crippen molar-refractivity contribution in [2.24, 2.45) is 0 Å². The molecule has 34 heavy (non-hydrogen) atoms. The first kappa shape index (κ1) is 25.4. The number of likely N-dealkylation sites (tertiary alicyclic amines) is 2. The third-order valence-corrected chi connectivity index (χ3v) is 7.84. The Labute approximate surface area is 212 Å². The van der Waals surface area contributed by atoms with Gasteiger partial charge in [0, 0.05) is 27.2 Å². The first-order chi connectivity index (χ1) is 16.2. The number of aliphatic hydroxyl groups is 1. The van der Waals surface area contributed by atoms with E-state index in [2.05, 4.69) is 11.9 Å². The maximum Gasteiger partial charge on any atom is 0.254 e. The number of nitrogens with zero attached hydrogens (tertiary/aromatic N) is 2. The number of unbranched alkanes of at least 4 members (excludes halogenated alkanes) is 1. The Hall–Kier alpha value is -1.65. The van der Waals surface area contributed by atoms with Crippen molar-refractivity contribution in [2.75, 3.05) is 26.7 Å². The van der Waals surface area contributed by atoms with Gasteiger partial charge in [0.2, 0.25) is 0 Å². The Kier molecular flexibility index (Phi) is 7.89. The van der Waals surface area contributed by atoms with E-state index in [1.165, 1.54) is 35.9 Å². The second kappa shape index (κ2) is 10.5. The Balaban J connectivity index is 1.38. The summed E-state index contributed by atoms with van der Waals surface area (Å²) in [6.07, 6.45) is 5.86. The zero-order valence-electron chi connectivity index (χ0n) is 19.3. The summed E-state index contributed by atoms with van der Waals surface area (Å²) in [6.45, 7) is 1.46. The molecule has 0 aromatic heterocycles. The lowest BCUT2D eigenvalue weighted by Crippen LogP contribution is -2.63. The van der Waals surface area contributed by atoms with E-state index in [9.17, 15) is 23.1 Å². The van der Waals surface area contributed by atoms with Crippen LogP contribution in [0.25, 0.3) is 0 Å². The molecule has 2 aliphatic rings. The van der Waals surface area contributed by atoms with Crippen LogP contribution in [-0.2, 0) is 6.42 Å². The minimum absolute atomic E-state index is 0.00294. The molecule has 1 unspecified atom stereocenters. The molecule has 1 amide bonds. The molecule has 2 aromatic carbocycles. The van der Waals surface area contributed by atoms with Crippen LogP contribution in [0.3, 0.4) is 0 Å². The summed E-state index contributed by atoms with van der Waals surface area (Å²) in [4.78, 5) is 16.9. The number of halogens is 4. The van der Waals surface area contributed by atoms with Crippen LogP contribution in [0.15, 0.2) is 30.3 Å². The minimum Gasteiger partial charge on any atom is -0.386 e. The predicted octanol–water partition coefficient (Wildman–Crippen LogP) is 5.14. The van der Waals surface area contributed by atoms with Crippen molar-refractivity contribution in [3.63, 3.8) is 0 Å². The molecule has 4 nitrogen and oxygen atoms in total. The van der Waals surface area contributed by atoms with E-state index in [1.807, 2.05) is 22.6 Å². The Morgan fingerprint density at radius 3 is 2.59 bits per heavy atom. The molecule has 0 saturated carbocycles. The maximum atomic E-state index is 14.7. The van der Waals surface area contributed by atoms with Crippen molar-refractivity contribution in [3.05, 3.63) is 68.0 Å². The second-order valence-electron chi connectivity index (χ2n) is 9.71. The van der Waals surface area contributed by atoms with E-state index in [0.717, 1.165) is 31.9 Å². The van der Waals surface area contributed by atoms with Crippen molar-refractivity contribution in [2.45, 2.75) is 56.6 Å². The summed E-state index contributed by atoms with van der Waals surface area (Å²) >= 11 is 1.97. The summed E-state index contributed by atoms with van der Waals surface area (Å²) in [5.41, 5.74) is -0.922. The molecule has 2 aliphatic heterocycles.